The van der Waals surface area contributed by atoms with E-state index in [1.54, 1.807) is 35.7 Å². The van der Waals surface area contributed by atoms with Gasteiger partial charge in [-0.05, 0) is 59.7 Å². The molecule has 0 aliphatic rings. The fourth-order valence-electron chi connectivity index (χ4n) is 3.32. The van der Waals surface area contributed by atoms with Crippen molar-refractivity contribution in [2.45, 2.75) is 27.4 Å². The predicted molar refractivity (Wildman–Crippen MR) is 124 cm³/mol. The molecular weight excluding hydrogens is 464 g/mol. The number of aryl methyl sites for hydroxylation is 2. The minimum atomic E-state index is -0.514. The number of rotatable bonds is 6. The molecule has 0 fully saturated rings. The zero-order valence-electron chi connectivity index (χ0n) is 18.0. The van der Waals surface area contributed by atoms with Gasteiger partial charge < -0.3 is 4.74 Å². The van der Waals surface area contributed by atoms with Crippen LogP contribution in [0.2, 0.25) is 5.02 Å². The molecule has 33 heavy (non-hydrogen) atoms. The van der Waals surface area contributed by atoms with Gasteiger partial charge in [0.25, 0.3) is 0 Å². The van der Waals surface area contributed by atoms with Crippen molar-refractivity contribution in [1.82, 2.24) is 25.2 Å². The summed E-state index contributed by atoms with van der Waals surface area (Å²) in [4.78, 5) is 31.0. The first kappa shape index (κ1) is 22.6. The molecule has 0 unspecified atom stereocenters. The SMILES string of the molecule is CC(=O)N(c1nc(COC(=O)c2cccc(-n3cnnn3)c2)cs1)c1c(C)cc(C)cc1Cl. The highest BCUT2D eigenvalue weighted by atomic mass is 35.5. The lowest BCUT2D eigenvalue weighted by atomic mass is 10.1. The molecule has 2 aromatic carbocycles. The molecule has 2 aromatic heterocycles. The summed E-state index contributed by atoms with van der Waals surface area (Å²) in [5.74, 6) is -0.735. The van der Waals surface area contributed by atoms with Crippen LogP contribution >= 0.6 is 22.9 Å². The highest BCUT2D eigenvalue weighted by Crippen LogP contribution is 2.37. The van der Waals surface area contributed by atoms with Gasteiger partial charge in [0.1, 0.15) is 12.9 Å². The van der Waals surface area contributed by atoms with Crippen LogP contribution < -0.4 is 4.90 Å². The number of benzene rings is 2. The lowest BCUT2D eigenvalue weighted by Gasteiger charge is -2.22. The van der Waals surface area contributed by atoms with Gasteiger partial charge in [-0.1, -0.05) is 23.7 Å². The van der Waals surface area contributed by atoms with Crippen LogP contribution in [0, 0.1) is 13.8 Å². The van der Waals surface area contributed by atoms with Crippen molar-refractivity contribution in [2.24, 2.45) is 0 Å². The van der Waals surface area contributed by atoms with Crippen molar-refractivity contribution in [3.05, 3.63) is 75.5 Å². The van der Waals surface area contributed by atoms with Crippen LogP contribution in [0.4, 0.5) is 10.8 Å². The maximum absolute atomic E-state index is 12.5. The van der Waals surface area contributed by atoms with Crippen LogP contribution in [0.15, 0.2) is 48.1 Å². The Morgan fingerprint density at radius 2 is 2.03 bits per heavy atom. The van der Waals surface area contributed by atoms with Crippen molar-refractivity contribution >= 4 is 45.6 Å². The molecule has 0 N–H and O–H groups in total. The van der Waals surface area contributed by atoms with Gasteiger partial charge in [-0.2, -0.15) is 0 Å². The lowest BCUT2D eigenvalue weighted by molar-refractivity contribution is -0.115. The molecule has 2 heterocycles. The Morgan fingerprint density at radius 3 is 2.73 bits per heavy atom. The fourth-order valence-corrected chi connectivity index (χ4v) is 4.59. The number of esters is 1. The summed E-state index contributed by atoms with van der Waals surface area (Å²) in [6.45, 7) is 5.24. The third-order valence-corrected chi connectivity index (χ3v) is 5.88. The van der Waals surface area contributed by atoms with E-state index in [1.807, 2.05) is 19.9 Å². The van der Waals surface area contributed by atoms with Crippen molar-refractivity contribution in [2.75, 3.05) is 4.90 Å². The molecule has 168 valence electrons. The van der Waals surface area contributed by atoms with E-state index < -0.39 is 5.97 Å². The molecule has 4 aromatic rings. The van der Waals surface area contributed by atoms with Gasteiger partial charge in [0, 0.05) is 12.3 Å². The number of amides is 1. The highest BCUT2D eigenvalue weighted by Gasteiger charge is 2.23. The number of hydrogen-bond donors (Lipinski definition) is 0. The Bertz CT molecular complexity index is 1300. The van der Waals surface area contributed by atoms with E-state index >= 15 is 0 Å². The zero-order valence-corrected chi connectivity index (χ0v) is 19.6. The average Bonchev–Trinajstić information content (AvgIpc) is 3.46. The maximum Gasteiger partial charge on any atom is 0.338 e. The molecule has 0 aliphatic carbocycles. The summed E-state index contributed by atoms with van der Waals surface area (Å²) in [5.41, 5.74) is 3.96. The van der Waals surface area contributed by atoms with Crippen LogP contribution in [0.3, 0.4) is 0 Å². The summed E-state index contributed by atoms with van der Waals surface area (Å²) in [5, 5.41) is 13.6. The molecule has 1 amide bonds. The van der Waals surface area contributed by atoms with E-state index in [0.717, 1.165) is 11.1 Å². The first-order chi connectivity index (χ1) is 15.8. The molecule has 0 saturated carbocycles. The van der Waals surface area contributed by atoms with Gasteiger partial charge in [-0.3, -0.25) is 9.69 Å². The minimum absolute atomic E-state index is 0.0448. The Balaban J connectivity index is 1.50. The molecule has 9 nitrogen and oxygen atoms in total. The zero-order chi connectivity index (χ0) is 23.5. The molecule has 0 saturated heterocycles. The molecule has 0 spiro atoms. The molecule has 0 radical (unpaired) electrons. The van der Waals surface area contributed by atoms with Crippen molar-refractivity contribution in [1.29, 1.82) is 0 Å². The molecule has 0 atom stereocenters. The number of thiazole rings is 1. The van der Waals surface area contributed by atoms with Crippen LogP contribution in [0.25, 0.3) is 5.69 Å². The molecule has 4 rings (SSSR count). The van der Waals surface area contributed by atoms with Gasteiger partial charge in [0.05, 0.1) is 27.7 Å². The van der Waals surface area contributed by atoms with Crippen LogP contribution in [-0.2, 0) is 16.1 Å². The molecule has 0 aliphatic heterocycles. The highest BCUT2D eigenvalue weighted by molar-refractivity contribution is 7.14. The number of hydrogen-bond acceptors (Lipinski definition) is 8. The van der Waals surface area contributed by atoms with E-state index in [4.69, 9.17) is 16.3 Å². The second-order valence-electron chi connectivity index (χ2n) is 7.27. The first-order valence-electron chi connectivity index (χ1n) is 9.86. The number of ether oxygens (including phenoxy) is 1. The van der Waals surface area contributed by atoms with Crippen molar-refractivity contribution < 1.29 is 14.3 Å². The third kappa shape index (κ3) is 4.91. The van der Waals surface area contributed by atoms with Gasteiger partial charge in [0.15, 0.2) is 5.13 Å². The molecule has 11 heteroatoms. The van der Waals surface area contributed by atoms with Crippen molar-refractivity contribution in [3.63, 3.8) is 0 Å². The molecule has 0 bridgehead atoms. The van der Waals surface area contributed by atoms with Gasteiger partial charge in [-0.25, -0.2) is 14.5 Å². The van der Waals surface area contributed by atoms with Gasteiger partial charge in [-0.15, -0.1) is 16.4 Å². The topological polar surface area (TPSA) is 103 Å². The third-order valence-electron chi connectivity index (χ3n) is 4.71. The summed E-state index contributed by atoms with van der Waals surface area (Å²) in [6, 6.07) is 10.5. The average molecular weight is 483 g/mol. The lowest BCUT2D eigenvalue weighted by Crippen LogP contribution is -2.24. The standard InChI is InChI=1S/C22H19ClN6O3S/c1-13-7-14(2)20(19(23)8-13)29(15(3)30)22-25-17(11-33-22)10-32-21(31)16-5-4-6-18(9-16)28-12-24-26-27-28/h4-9,11-12H,10H2,1-3H3. The Morgan fingerprint density at radius 1 is 1.21 bits per heavy atom. The number of carbonyl (C=O) groups excluding carboxylic acids is 2. The van der Waals surface area contributed by atoms with E-state index in [-0.39, 0.29) is 12.5 Å². The minimum Gasteiger partial charge on any atom is -0.456 e. The fraction of sp³-hybridized carbons (Fsp3) is 0.182. The summed E-state index contributed by atoms with van der Waals surface area (Å²) >= 11 is 7.72. The second kappa shape index (κ2) is 9.47. The van der Waals surface area contributed by atoms with E-state index in [1.165, 1.54) is 34.2 Å². The first-order valence-corrected chi connectivity index (χ1v) is 11.1. The number of halogens is 1. The Kier molecular flexibility index (Phi) is 6.47. The monoisotopic (exact) mass is 482 g/mol. The van der Waals surface area contributed by atoms with Gasteiger partial charge >= 0.3 is 5.97 Å². The largest absolute Gasteiger partial charge is 0.456 e. The van der Waals surface area contributed by atoms with E-state index in [9.17, 15) is 9.59 Å². The van der Waals surface area contributed by atoms with Crippen LogP contribution in [0.1, 0.15) is 34.1 Å². The van der Waals surface area contributed by atoms with Crippen LogP contribution in [0.5, 0.6) is 0 Å². The summed E-state index contributed by atoms with van der Waals surface area (Å²) in [7, 11) is 0. The Hall–Kier alpha value is -3.63. The maximum atomic E-state index is 12.5. The smallest absolute Gasteiger partial charge is 0.338 e. The number of carbonyl (C=O) groups is 2. The number of nitrogens with zero attached hydrogens (tertiary/aromatic N) is 6. The van der Waals surface area contributed by atoms with E-state index in [2.05, 4.69) is 20.5 Å². The normalized spacial score (nSPS) is 10.8. The number of aromatic nitrogens is 5. The van der Waals surface area contributed by atoms with Gasteiger partial charge in [0.2, 0.25) is 5.91 Å². The summed E-state index contributed by atoms with van der Waals surface area (Å²) in [6.07, 6.45) is 1.43. The van der Waals surface area contributed by atoms with E-state index in [0.29, 0.717) is 32.8 Å². The second-order valence-corrected chi connectivity index (χ2v) is 8.51. The predicted octanol–water partition coefficient (Wildman–Crippen LogP) is 4.43. The number of anilines is 2. The number of tetrazole rings is 1. The molecular formula is C22H19ClN6O3S. The quantitative estimate of drug-likeness (QED) is 0.374. The Labute approximate surface area is 198 Å². The summed E-state index contributed by atoms with van der Waals surface area (Å²) < 4.78 is 6.87. The van der Waals surface area contributed by atoms with Crippen molar-refractivity contribution in [3.8, 4) is 5.69 Å². The van der Waals surface area contributed by atoms with Crippen LogP contribution in [-0.4, -0.2) is 37.1 Å².